The van der Waals surface area contributed by atoms with Crippen molar-refractivity contribution in [3.63, 3.8) is 0 Å². The minimum absolute atomic E-state index is 0.116. The number of carbonyl (C=O) groups excluding carboxylic acids is 1. The molecule has 0 radical (unpaired) electrons. The van der Waals surface area contributed by atoms with E-state index in [0.717, 1.165) is 17.1 Å². The number of benzene rings is 1. The van der Waals surface area contributed by atoms with Crippen LogP contribution in [-0.2, 0) is 0 Å². The first-order valence-electron chi connectivity index (χ1n) is 8.44. The largest absolute Gasteiger partial charge is 0.481 e. The van der Waals surface area contributed by atoms with Crippen LogP contribution in [0.3, 0.4) is 0 Å². The highest BCUT2D eigenvalue weighted by molar-refractivity contribution is 6.06. The molecule has 0 spiro atoms. The maximum absolute atomic E-state index is 13.0. The Bertz CT molecular complexity index is 1010. The molecule has 6 heteroatoms. The van der Waals surface area contributed by atoms with Crippen molar-refractivity contribution in [3.05, 3.63) is 71.2 Å². The number of nitrogens with zero attached hydrogens (tertiary/aromatic N) is 4. The van der Waals surface area contributed by atoms with Gasteiger partial charge >= 0.3 is 0 Å². The fourth-order valence-electron chi connectivity index (χ4n) is 3.05. The number of methoxy groups -OCH3 is 1. The van der Waals surface area contributed by atoms with Crippen LogP contribution >= 0.6 is 0 Å². The van der Waals surface area contributed by atoms with Crippen molar-refractivity contribution in [2.45, 2.75) is 13.8 Å². The number of nitriles is 1. The summed E-state index contributed by atoms with van der Waals surface area (Å²) in [4.78, 5) is 18.8. The van der Waals surface area contributed by atoms with Crippen LogP contribution in [0.2, 0.25) is 0 Å². The fraction of sp³-hybridized carbons (Fsp3) is 0.190. The van der Waals surface area contributed by atoms with Gasteiger partial charge in [-0.05, 0) is 50.2 Å². The molecule has 0 unspecified atom stereocenters. The minimum atomic E-state index is -0.116. The molecule has 136 valence electrons. The zero-order valence-electron chi connectivity index (χ0n) is 15.7. The smallest absolute Gasteiger partial charge is 0.259 e. The molecule has 27 heavy (non-hydrogen) atoms. The van der Waals surface area contributed by atoms with E-state index in [4.69, 9.17) is 10.00 Å². The van der Waals surface area contributed by atoms with Gasteiger partial charge in [0.25, 0.3) is 5.91 Å². The Labute approximate surface area is 158 Å². The fourth-order valence-corrected chi connectivity index (χ4v) is 3.05. The maximum atomic E-state index is 13.0. The third-order valence-corrected chi connectivity index (χ3v) is 4.54. The number of carbonyl (C=O) groups is 1. The summed E-state index contributed by atoms with van der Waals surface area (Å²) in [5.41, 5.74) is 4.61. The van der Waals surface area contributed by atoms with Gasteiger partial charge in [0.15, 0.2) is 0 Å². The van der Waals surface area contributed by atoms with E-state index >= 15 is 0 Å². The third-order valence-electron chi connectivity index (χ3n) is 4.54. The van der Waals surface area contributed by atoms with Crippen molar-refractivity contribution in [2.24, 2.45) is 0 Å². The van der Waals surface area contributed by atoms with Gasteiger partial charge < -0.3 is 14.2 Å². The van der Waals surface area contributed by atoms with Crippen molar-refractivity contribution in [2.75, 3.05) is 19.1 Å². The maximum Gasteiger partial charge on any atom is 0.259 e. The predicted octanol–water partition coefficient (Wildman–Crippen LogP) is 3.65. The number of hydrogen-bond donors (Lipinski definition) is 0. The van der Waals surface area contributed by atoms with E-state index in [2.05, 4.69) is 11.1 Å². The van der Waals surface area contributed by atoms with Crippen molar-refractivity contribution in [1.82, 2.24) is 9.55 Å². The quantitative estimate of drug-likeness (QED) is 0.712. The molecule has 3 rings (SSSR count). The first-order chi connectivity index (χ1) is 13.0. The van der Waals surface area contributed by atoms with Crippen molar-refractivity contribution >= 4 is 11.6 Å². The van der Waals surface area contributed by atoms with Gasteiger partial charge in [0.2, 0.25) is 5.88 Å². The van der Waals surface area contributed by atoms with Gasteiger partial charge in [0.05, 0.1) is 36.2 Å². The molecule has 2 aromatic heterocycles. The molecule has 0 atom stereocenters. The van der Waals surface area contributed by atoms with Crippen LogP contribution in [-0.4, -0.2) is 29.6 Å². The number of pyridine rings is 1. The van der Waals surface area contributed by atoms with Gasteiger partial charge in [-0.3, -0.25) is 4.79 Å². The minimum Gasteiger partial charge on any atom is -0.481 e. The van der Waals surface area contributed by atoms with Crippen LogP contribution in [0, 0.1) is 25.2 Å². The summed E-state index contributed by atoms with van der Waals surface area (Å²) in [5, 5.41) is 8.97. The highest BCUT2D eigenvalue weighted by Gasteiger charge is 2.21. The van der Waals surface area contributed by atoms with Gasteiger partial charge in [-0.1, -0.05) is 0 Å². The Kier molecular flexibility index (Phi) is 4.95. The van der Waals surface area contributed by atoms with Crippen LogP contribution in [0.25, 0.3) is 5.69 Å². The molecule has 0 aliphatic carbocycles. The lowest BCUT2D eigenvalue weighted by molar-refractivity contribution is 0.0992. The first-order valence-corrected chi connectivity index (χ1v) is 8.44. The van der Waals surface area contributed by atoms with Crippen LogP contribution < -0.4 is 9.64 Å². The Morgan fingerprint density at radius 1 is 1.19 bits per heavy atom. The highest BCUT2D eigenvalue weighted by atomic mass is 16.5. The lowest BCUT2D eigenvalue weighted by atomic mass is 10.2. The number of hydrogen-bond acceptors (Lipinski definition) is 4. The summed E-state index contributed by atoms with van der Waals surface area (Å²) in [7, 11) is 3.27. The second kappa shape index (κ2) is 7.34. The first kappa shape index (κ1) is 18.2. The standard InChI is InChI=1S/C21H20N4O2/c1-14-11-19(15(2)25(14)17-7-5-16(12-22)6-8-17)21(26)24(3)18-9-10-20(27-4)23-13-18/h5-11,13H,1-4H3. The van der Waals surface area contributed by atoms with E-state index in [-0.39, 0.29) is 5.91 Å². The Balaban J connectivity index is 1.94. The summed E-state index contributed by atoms with van der Waals surface area (Å²) in [5.74, 6) is 0.383. The van der Waals surface area contributed by atoms with E-state index < -0.39 is 0 Å². The number of aromatic nitrogens is 2. The molecule has 0 bridgehead atoms. The summed E-state index contributed by atoms with van der Waals surface area (Å²) in [6.07, 6.45) is 1.61. The third kappa shape index (κ3) is 3.40. The molecule has 0 fully saturated rings. The molecule has 0 aliphatic rings. The van der Waals surface area contributed by atoms with Crippen molar-refractivity contribution in [1.29, 1.82) is 5.26 Å². The topological polar surface area (TPSA) is 71.2 Å². The van der Waals surface area contributed by atoms with Crippen LogP contribution in [0.15, 0.2) is 48.7 Å². The predicted molar refractivity (Wildman–Crippen MR) is 103 cm³/mol. The molecule has 1 aromatic carbocycles. The number of anilines is 1. The summed E-state index contributed by atoms with van der Waals surface area (Å²) < 4.78 is 7.07. The number of amides is 1. The lowest BCUT2D eigenvalue weighted by Crippen LogP contribution is -2.26. The molecule has 6 nitrogen and oxygen atoms in total. The van der Waals surface area contributed by atoms with Crippen molar-refractivity contribution < 1.29 is 9.53 Å². The molecule has 1 amide bonds. The second-order valence-electron chi connectivity index (χ2n) is 6.20. The van der Waals surface area contributed by atoms with E-state index in [9.17, 15) is 4.79 Å². The van der Waals surface area contributed by atoms with E-state index in [1.807, 2.05) is 36.6 Å². The van der Waals surface area contributed by atoms with Crippen LogP contribution in [0.5, 0.6) is 5.88 Å². The molecular weight excluding hydrogens is 340 g/mol. The van der Waals surface area contributed by atoms with Crippen LogP contribution in [0.1, 0.15) is 27.3 Å². The lowest BCUT2D eigenvalue weighted by Gasteiger charge is -2.17. The Morgan fingerprint density at radius 3 is 2.44 bits per heavy atom. The number of aryl methyl sites for hydroxylation is 1. The summed E-state index contributed by atoms with van der Waals surface area (Å²) in [6.45, 7) is 3.87. The van der Waals surface area contributed by atoms with Crippen molar-refractivity contribution in [3.8, 4) is 17.6 Å². The SMILES string of the molecule is COc1ccc(N(C)C(=O)c2cc(C)n(-c3ccc(C#N)cc3)c2C)cn1. The summed E-state index contributed by atoms with van der Waals surface area (Å²) in [6, 6.07) is 14.8. The zero-order chi connectivity index (χ0) is 19.6. The van der Waals surface area contributed by atoms with E-state index in [1.54, 1.807) is 49.5 Å². The molecule has 0 aliphatic heterocycles. The average molecular weight is 360 g/mol. The average Bonchev–Trinajstić information content (AvgIpc) is 3.01. The molecule has 2 heterocycles. The van der Waals surface area contributed by atoms with Gasteiger partial charge in [0.1, 0.15) is 0 Å². The Morgan fingerprint density at radius 2 is 1.89 bits per heavy atom. The molecule has 0 saturated carbocycles. The molecular formula is C21H20N4O2. The van der Waals surface area contributed by atoms with E-state index in [1.165, 1.54) is 0 Å². The Hall–Kier alpha value is -3.59. The molecule has 3 aromatic rings. The van der Waals surface area contributed by atoms with Crippen LogP contribution in [0.4, 0.5) is 5.69 Å². The second-order valence-corrected chi connectivity index (χ2v) is 6.20. The van der Waals surface area contributed by atoms with Gasteiger partial charge in [-0.25, -0.2) is 4.98 Å². The molecule has 0 N–H and O–H groups in total. The van der Waals surface area contributed by atoms with Gasteiger partial charge in [-0.2, -0.15) is 5.26 Å². The van der Waals surface area contributed by atoms with Gasteiger partial charge in [-0.15, -0.1) is 0 Å². The number of ether oxygens (including phenoxy) is 1. The van der Waals surface area contributed by atoms with E-state index in [0.29, 0.717) is 22.7 Å². The highest BCUT2D eigenvalue weighted by Crippen LogP contribution is 2.24. The normalized spacial score (nSPS) is 10.3. The monoisotopic (exact) mass is 360 g/mol. The van der Waals surface area contributed by atoms with Gasteiger partial charge in [0, 0.05) is 30.2 Å². The summed E-state index contributed by atoms with van der Waals surface area (Å²) >= 11 is 0. The molecule has 0 saturated heterocycles. The number of rotatable bonds is 4. The zero-order valence-corrected chi connectivity index (χ0v) is 15.7.